The maximum atomic E-state index is 11.9. The molecule has 0 aliphatic carbocycles. The second-order valence-electron chi connectivity index (χ2n) is 6.05. The van der Waals surface area contributed by atoms with E-state index >= 15 is 0 Å². The lowest BCUT2D eigenvalue weighted by molar-refractivity contribution is -0.122. The first-order chi connectivity index (χ1) is 9.90. The summed E-state index contributed by atoms with van der Waals surface area (Å²) in [6.07, 6.45) is 1.25. The molecule has 1 unspecified atom stereocenters. The third-order valence-corrected chi connectivity index (χ3v) is 3.20. The van der Waals surface area contributed by atoms with Crippen molar-refractivity contribution in [1.29, 1.82) is 0 Å². The molecule has 0 spiro atoms. The minimum Gasteiger partial charge on any atom is -0.493 e. The summed E-state index contributed by atoms with van der Waals surface area (Å²) in [6, 6.07) is 6.11. The number of aryl methyl sites for hydroxylation is 2. The van der Waals surface area contributed by atoms with Crippen molar-refractivity contribution in [2.45, 2.75) is 46.6 Å². The topological polar surface area (TPSA) is 64.3 Å². The molecule has 1 aromatic carbocycles. The van der Waals surface area contributed by atoms with Crippen LogP contribution in [0.25, 0.3) is 0 Å². The number of amides is 1. The van der Waals surface area contributed by atoms with Gasteiger partial charge < -0.3 is 15.8 Å². The van der Waals surface area contributed by atoms with Crippen LogP contribution in [0.1, 0.15) is 37.8 Å². The molecule has 4 nitrogen and oxygen atoms in total. The Bertz CT molecular complexity index is 438. The second kappa shape index (κ2) is 8.67. The Morgan fingerprint density at radius 1 is 1.24 bits per heavy atom. The number of nitrogens with two attached hydrogens (primary N) is 1. The fourth-order valence-electron chi connectivity index (χ4n) is 2.36. The lowest BCUT2D eigenvalue weighted by Gasteiger charge is -2.18. The maximum Gasteiger partial charge on any atom is 0.223 e. The van der Waals surface area contributed by atoms with Gasteiger partial charge in [0.15, 0.2) is 0 Å². The average molecular weight is 292 g/mol. The largest absolute Gasteiger partial charge is 0.493 e. The molecule has 21 heavy (non-hydrogen) atoms. The molecule has 1 aromatic rings. The Labute approximate surface area is 128 Å². The second-order valence-corrected chi connectivity index (χ2v) is 6.05. The molecular weight excluding hydrogens is 264 g/mol. The monoisotopic (exact) mass is 292 g/mol. The van der Waals surface area contributed by atoms with Crippen LogP contribution < -0.4 is 15.8 Å². The van der Waals surface area contributed by atoms with Gasteiger partial charge in [0, 0.05) is 12.6 Å². The van der Waals surface area contributed by atoms with E-state index in [2.05, 4.69) is 25.2 Å². The lowest BCUT2D eigenvalue weighted by atomic mass is 10.0. The van der Waals surface area contributed by atoms with Gasteiger partial charge in [-0.1, -0.05) is 19.9 Å². The van der Waals surface area contributed by atoms with Crippen LogP contribution >= 0.6 is 0 Å². The predicted molar refractivity (Wildman–Crippen MR) is 86.5 cm³/mol. The quantitative estimate of drug-likeness (QED) is 0.774. The summed E-state index contributed by atoms with van der Waals surface area (Å²) in [5, 5.41) is 2.96. The van der Waals surface area contributed by atoms with Crippen molar-refractivity contribution in [3.63, 3.8) is 0 Å². The van der Waals surface area contributed by atoms with Crippen LogP contribution in [0, 0.1) is 19.8 Å². The van der Waals surface area contributed by atoms with E-state index in [4.69, 9.17) is 10.5 Å². The van der Waals surface area contributed by atoms with E-state index in [1.807, 2.05) is 26.0 Å². The zero-order valence-electron chi connectivity index (χ0n) is 13.6. The van der Waals surface area contributed by atoms with E-state index in [-0.39, 0.29) is 11.9 Å². The SMILES string of the molecule is Cc1cc(C)cc(OCCC(=O)NC(CN)CC(C)C)c1. The molecule has 0 saturated heterocycles. The Balaban J connectivity index is 2.35. The Kier molecular flexibility index (Phi) is 7.23. The molecule has 0 aliphatic heterocycles. The van der Waals surface area contributed by atoms with Crippen molar-refractivity contribution in [1.82, 2.24) is 5.32 Å². The summed E-state index contributed by atoms with van der Waals surface area (Å²) < 4.78 is 5.64. The van der Waals surface area contributed by atoms with Crippen LogP contribution in [-0.4, -0.2) is 25.1 Å². The highest BCUT2D eigenvalue weighted by Gasteiger charge is 2.12. The number of carbonyl (C=O) groups is 1. The number of nitrogens with one attached hydrogen (secondary N) is 1. The van der Waals surface area contributed by atoms with E-state index in [1.54, 1.807) is 0 Å². The molecule has 0 bridgehead atoms. The number of carbonyl (C=O) groups excluding carboxylic acids is 1. The highest BCUT2D eigenvalue weighted by molar-refractivity contribution is 5.76. The average Bonchev–Trinajstić information content (AvgIpc) is 2.36. The fraction of sp³-hybridized carbons (Fsp3) is 0.588. The van der Waals surface area contributed by atoms with Crippen LogP contribution in [0.15, 0.2) is 18.2 Å². The van der Waals surface area contributed by atoms with Crippen LogP contribution in [0.5, 0.6) is 5.75 Å². The van der Waals surface area contributed by atoms with Crippen LogP contribution in [0.3, 0.4) is 0 Å². The van der Waals surface area contributed by atoms with Crippen LogP contribution in [0.4, 0.5) is 0 Å². The van der Waals surface area contributed by atoms with Gasteiger partial charge in [0.05, 0.1) is 13.0 Å². The van der Waals surface area contributed by atoms with E-state index in [1.165, 1.54) is 0 Å². The summed E-state index contributed by atoms with van der Waals surface area (Å²) in [5.41, 5.74) is 8.00. The summed E-state index contributed by atoms with van der Waals surface area (Å²) in [5.74, 6) is 1.33. The summed E-state index contributed by atoms with van der Waals surface area (Å²) in [4.78, 5) is 11.9. The first-order valence-corrected chi connectivity index (χ1v) is 7.61. The number of hydrogen-bond acceptors (Lipinski definition) is 3. The molecule has 1 atom stereocenters. The predicted octanol–water partition coefficient (Wildman–Crippen LogP) is 2.56. The Hall–Kier alpha value is -1.55. The summed E-state index contributed by atoms with van der Waals surface area (Å²) in [6.45, 7) is 9.17. The van der Waals surface area contributed by atoms with Gasteiger partial charge in [0.1, 0.15) is 5.75 Å². The van der Waals surface area contributed by atoms with Crippen LogP contribution in [-0.2, 0) is 4.79 Å². The summed E-state index contributed by atoms with van der Waals surface area (Å²) >= 11 is 0. The lowest BCUT2D eigenvalue weighted by Crippen LogP contribution is -2.41. The van der Waals surface area contributed by atoms with Crippen molar-refractivity contribution < 1.29 is 9.53 Å². The highest BCUT2D eigenvalue weighted by Crippen LogP contribution is 2.16. The zero-order valence-corrected chi connectivity index (χ0v) is 13.6. The number of benzene rings is 1. The van der Waals surface area contributed by atoms with Gasteiger partial charge in [-0.3, -0.25) is 4.79 Å². The Morgan fingerprint density at radius 3 is 2.38 bits per heavy atom. The molecule has 0 saturated carbocycles. The van der Waals surface area contributed by atoms with E-state index in [0.29, 0.717) is 25.5 Å². The third-order valence-electron chi connectivity index (χ3n) is 3.20. The molecule has 3 N–H and O–H groups in total. The Morgan fingerprint density at radius 2 is 1.86 bits per heavy atom. The minimum absolute atomic E-state index is 0.00419. The zero-order chi connectivity index (χ0) is 15.8. The van der Waals surface area contributed by atoms with Crippen molar-refractivity contribution in [3.8, 4) is 5.75 Å². The van der Waals surface area contributed by atoms with E-state index in [0.717, 1.165) is 23.3 Å². The standard InChI is InChI=1S/C17H28N2O2/c1-12(2)7-15(11-18)19-17(20)5-6-21-16-9-13(3)8-14(4)10-16/h8-10,12,15H,5-7,11,18H2,1-4H3,(H,19,20). The smallest absolute Gasteiger partial charge is 0.223 e. The molecule has 0 fully saturated rings. The first-order valence-electron chi connectivity index (χ1n) is 7.61. The molecule has 0 heterocycles. The van der Waals surface area contributed by atoms with Crippen molar-refractivity contribution in [3.05, 3.63) is 29.3 Å². The minimum atomic E-state index is -0.00419. The van der Waals surface area contributed by atoms with Crippen molar-refractivity contribution in [2.75, 3.05) is 13.2 Å². The molecular formula is C17H28N2O2. The van der Waals surface area contributed by atoms with Crippen LogP contribution in [0.2, 0.25) is 0 Å². The van der Waals surface area contributed by atoms with Crippen molar-refractivity contribution in [2.24, 2.45) is 11.7 Å². The van der Waals surface area contributed by atoms with Gasteiger partial charge in [-0.2, -0.15) is 0 Å². The normalized spacial score (nSPS) is 12.3. The maximum absolute atomic E-state index is 11.9. The van der Waals surface area contributed by atoms with Gasteiger partial charge in [-0.15, -0.1) is 0 Å². The first kappa shape index (κ1) is 17.5. The number of hydrogen-bond donors (Lipinski definition) is 2. The van der Waals surface area contributed by atoms with Gasteiger partial charge >= 0.3 is 0 Å². The summed E-state index contributed by atoms with van der Waals surface area (Å²) in [7, 11) is 0. The van der Waals surface area contributed by atoms with Gasteiger partial charge in [0.2, 0.25) is 5.91 Å². The molecule has 0 radical (unpaired) electrons. The molecule has 0 aromatic heterocycles. The molecule has 0 aliphatic rings. The highest BCUT2D eigenvalue weighted by atomic mass is 16.5. The third kappa shape index (κ3) is 7.14. The van der Waals surface area contributed by atoms with Gasteiger partial charge in [-0.05, 0) is 49.4 Å². The molecule has 1 amide bonds. The molecule has 1 rings (SSSR count). The number of rotatable bonds is 8. The van der Waals surface area contributed by atoms with Gasteiger partial charge in [0.25, 0.3) is 0 Å². The van der Waals surface area contributed by atoms with E-state index in [9.17, 15) is 4.79 Å². The van der Waals surface area contributed by atoms with E-state index < -0.39 is 0 Å². The molecule has 118 valence electrons. The fourth-order valence-corrected chi connectivity index (χ4v) is 2.36. The number of ether oxygens (including phenoxy) is 1. The van der Waals surface area contributed by atoms with Gasteiger partial charge in [-0.25, -0.2) is 0 Å². The molecule has 4 heteroatoms. The van der Waals surface area contributed by atoms with Crippen molar-refractivity contribution >= 4 is 5.91 Å².